The van der Waals surface area contributed by atoms with Crippen LogP contribution in [0.4, 0.5) is 0 Å². The molecule has 5 heteroatoms. The number of hydrogen-bond acceptors (Lipinski definition) is 3. The summed E-state index contributed by atoms with van der Waals surface area (Å²) in [5.74, 6) is 0. The Balaban J connectivity index is 1.22. The number of benzene rings is 3. The van der Waals surface area contributed by atoms with Crippen LogP contribution in [0, 0.1) is 3.83 Å². The van der Waals surface area contributed by atoms with Gasteiger partial charge >= 0.3 is 0 Å². The first-order valence-corrected chi connectivity index (χ1v) is 13.6. The molecule has 0 amide bonds. The number of imidazole rings is 1. The zero-order valence-electron chi connectivity index (χ0n) is 20.2. The van der Waals surface area contributed by atoms with Crippen LogP contribution in [0.5, 0.6) is 0 Å². The van der Waals surface area contributed by atoms with Gasteiger partial charge in [0, 0.05) is 22.6 Å². The lowest BCUT2D eigenvalue weighted by molar-refractivity contribution is 0.679. The molecule has 0 aliphatic rings. The molecule has 0 aliphatic carbocycles. The highest BCUT2D eigenvalue weighted by atomic mass is 127. The van der Waals surface area contributed by atoms with Crippen molar-refractivity contribution < 1.29 is 0 Å². The molecule has 0 N–H and O–H groups in total. The largest absolute Gasteiger partial charge is 0.311 e. The van der Waals surface area contributed by atoms with Gasteiger partial charge in [-0.1, -0.05) is 103 Å². The van der Waals surface area contributed by atoms with Gasteiger partial charge in [0.05, 0.1) is 18.6 Å². The summed E-state index contributed by atoms with van der Waals surface area (Å²) < 4.78 is 2.90. The van der Waals surface area contributed by atoms with E-state index in [9.17, 15) is 0 Å². The Morgan fingerprint density at radius 1 is 0.750 bits per heavy atom. The van der Waals surface area contributed by atoms with E-state index >= 15 is 0 Å². The topological polar surface area (TPSA) is 43.6 Å². The lowest BCUT2D eigenvalue weighted by Gasteiger charge is -2.09. The number of nitrogens with zero attached hydrogens (tertiary/aromatic N) is 4. The third kappa shape index (κ3) is 6.08. The van der Waals surface area contributed by atoms with Crippen molar-refractivity contribution in [3.05, 3.63) is 130 Å². The molecule has 0 fully saturated rings. The van der Waals surface area contributed by atoms with Crippen LogP contribution in [-0.2, 0) is 13.0 Å². The zero-order valence-corrected chi connectivity index (χ0v) is 22.4. The highest BCUT2D eigenvalue weighted by Crippen LogP contribution is 2.25. The van der Waals surface area contributed by atoms with Gasteiger partial charge in [-0.25, -0.2) is 15.0 Å². The fourth-order valence-corrected chi connectivity index (χ4v) is 5.06. The molecule has 4 nitrogen and oxygen atoms in total. The monoisotopic (exact) mass is 584 g/mol. The molecule has 3 aromatic carbocycles. The summed E-state index contributed by atoms with van der Waals surface area (Å²) in [5, 5.41) is 0. The van der Waals surface area contributed by atoms with Gasteiger partial charge in [0.2, 0.25) is 0 Å². The third-order valence-electron chi connectivity index (χ3n) is 6.34. The summed E-state index contributed by atoms with van der Waals surface area (Å²) in [6.45, 7) is 0.765. The van der Waals surface area contributed by atoms with Crippen LogP contribution in [0.25, 0.3) is 16.7 Å². The highest BCUT2D eigenvalue weighted by molar-refractivity contribution is 14.1. The van der Waals surface area contributed by atoms with E-state index in [-0.39, 0.29) is 0 Å². The number of halogens is 1. The van der Waals surface area contributed by atoms with E-state index in [1.54, 1.807) is 0 Å². The Hall–Kier alpha value is -3.32. The molecule has 0 unspecified atom stereocenters. The van der Waals surface area contributed by atoms with Crippen molar-refractivity contribution in [2.45, 2.75) is 38.6 Å². The first-order valence-electron chi connectivity index (χ1n) is 12.5. The molecule has 0 saturated heterocycles. The molecule has 0 spiro atoms. The van der Waals surface area contributed by atoms with E-state index in [0.29, 0.717) is 0 Å². The van der Waals surface area contributed by atoms with Crippen LogP contribution in [0.1, 0.15) is 48.1 Å². The molecular formula is C31H29IN4. The number of hydrogen-bond donors (Lipinski definition) is 0. The number of fused-ring (bicyclic) bond motifs is 1. The maximum atomic E-state index is 4.73. The fraction of sp³-hybridized carbons (Fsp3) is 0.194. The molecule has 2 aromatic heterocycles. The molecule has 36 heavy (non-hydrogen) atoms. The number of unbranched alkanes of at least 4 members (excludes halogenated alkanes) is 3. The van der Waals surface area contributed by atoms with Crippen LogP contribution in [0.2, 0.25) is 0 Å². The van der Waals surface area contributed by atoms with Crippen molar-refractivity contribution in [2.24, 2.45) is 0 Å². The van der Waals surface area contributed by atoms with Gasteiger partial charge in [-0.05, 0) is 47.9 Å². The first kappa shape index (κ1) is 24.4. The van der Waals surface area contributed by atoms with Gasteiger partial charge in [-0.3, -0.25) is 0 Å². The Kier molecular flexibility index (Phi) is 8.18. The predicted molar refractivity (Wildman–Crippen MR) is 156 cm³/mol. The van der Waals surface area contributed by atoms with Gasteiger partial charge in [-0.15, -0.1) is 0 Å². The quantitative estimate of drug-likeness (QED) is 0.0960. The minimum absolute atomic E-state index is 0.765. The number of allylic oxidation sites excluding steroid dienone is 1. The van der Waals surface area contributed by atoms with Gasteiger partial charge in [-0.2, -0.15) is 0 Å². The van der Waals surface area contributed by atoms with E-state index in [1.165, 1.54) is 22.3 Å². The Labute approximate surface area is 226 Å². The van der Waals surface area contributed by atoms with Crippen LogP contribution in [0.3, 0.4) is 0 Å². The van der Waals surface area contributed by atoms with E-state index in [2.05, 4.69) is 123 Å². The van der Waals surface area contributed by atoms with E-state index in [0.717, 1.165) is 59.3 Å². The van der Waals surface area contributed by atoms with E-state index < -0.39 is 0 Å². The van der Waals surface area contributed by atoms with Crippen LogP contribution in [0.15, 0.2) is 103 Å². The Bertz CT molecular complexity index is 1390. The second-order valence-corrected chi connectivity index (χ2v) is 9.88. The van der Waals surface area contributed by atoms with Crippen molar-refractivity contribution in [2.75, 3.05) is 0 Å². The molecule has 0 saturated carbocycles. The van der Waals surface area contributed by atoms with Gasteiger partial charge in [0.1, 0.15) is 5.52 Å². The van der Waals surface area contributed by atoms with Crippen LogP contribution < -0.4 is 0 Å². The molecule has 0 radical (unpaired) electrons. The summed E-state index contributed by atoms with van der Waals surface area (Å²) in [7, 11) is 0. The van der Waals surface area contributed by atoms with E-state index in [1.807, 2.05) is 12.4 Å². The molecule has 5 rings (SSSR count). The molecule has 0 atom stereocenters. The number of aromatic nitrogens is 4. The van der Waals surface area contributed by atoms with Gasteiger partial charge in [0.15, 0.2) is 9.48 Å². The molecular weight excluding hydrogens is 555 g/mol. The molecule has 0 aliphatic heterocycles. The summed E-state index contributed by atoms with van der Waals surface area (Å²) in [4.78, 5) is 14.1. The lowest BCUT2D eigenvalue weighted by Crippen LogP contribution is -2.03. The maximum absolute atomic E-state index is 4.73. The first-order chi connectivity index (χ1) is 17.8. The Morgan fingerprint density at radius 3 is 2.06 bits per heavy atom. The minimum Gasteiger partial charge on any atom is -0.311 e. The second-order valence-electron chi connectivity index (χ2n) is 8.92. The molecule has 2 heterocycles. The molecule has 5 aromatic rings. The fourth-order valence-electron chi connectivity index (χ4n) is 4.54. The number of rotatable bonds is 10. The third-order valence-corrected chi connectivity index (χ3v) is 6.82. The van der Waals surface area contributed by atoms with Gasteiger partial charge in [0.25, 0.3) is 0 Å². The molecule has 180 valence electrons. The Morgan fingerprint density at radius 2 is 1.39 bits per heavy atom. The second kappa shape index (κ2) is 12.1. The summed E-state index contributed by atoms with van der Waals surface area (Å²) in [6.07, 6.45) is 9.66. The van der Waals surface area contributed by atoms with Crippen LogP contribution in [-0.4, -0.2) is 19.5 Å². The predicted octanol–water partition coefficient (Wildman–Crippen LogP) is 7.71. The average molecular weight is 585 g/mol. The minimum atomic E-state index is 0.765. The summed E-state index contributed by atoms with van der Waals surface area (Å²) in [5.41, 5.74) is 8.01. The van der Waals surface area contributed by atoms with E-state index in [4.69, 9.17) is 9.97 Å². The van der Waals surface area contributed by atoms with Crippen molar-refractivity contribution in [3.8, 4) is 0 Å². The smallest absolute Gasteiger partial charge is 0.193 e. The van der Waals surface area contributed by atoms with Crippen molar-refractivity contribution >= 4 is 39.3 Å². The standard InChI is InChI=1S/C31H29IN4/c32-31-34-28(29-30(35-31)36(23-33-29)22-24-14-6-3-7-15-24)21-13-2-1-12-20-27(25-16-8-4-9-17-25)26-18-10-5-11-19-26/h3-11,14-20,23H,1-2,12-13,21-22H2. The average Bonchev–Trinajstić information content (AvgIpc) is 3.32. The summed E-state index contributed by atoms with van der Waals surface area (Å²) in [6, 6.07) is 31.8. The summed E-state index contributed by atoms with van der Waals surface area (Å²) >= 11 is 2.22. The zero-order chi connectivity index (χ0) is 24.6. The van der Waals surface area contributed by atoms with Crippen molar-refractivity contribution in [1.82, 2.24) is 19.5 Å². The lowest BCUT2D eigenvalue weighted by atomic mass is 9.96. The van der Waals surface area contributed by atoms with Gasteiger partial charge < -0.3 is 4.57 Å². The maximum Gasteiger partial charge on any atom is 0.193 e. The van der Waals surface area contributed by atoms with Crippen LogP contribution >= 0.6 is 22.6 Å². The SMILES string of the molecule is Ic1nc(CCCCCC=C(c2ccccc2)c2ccccc2)c2ncn(Cc3ccccc3)c2n1. The molecule has 0 bridgehead atoms. The highest BCUT2D eigenvalue weighted by Gasteiger charge is 2.12. The normalized spacial score (nSPS) is 11.0. The van der Waals surface area contributed by atoms with Crippen molar-refractivity contribution in [3.63, 3.8) is 0 Å². The van der Waals surface area contributed by atoms with Crippen molar-refractivity contribution in [1.29, 1.82) is 0 Å². The number of aryl methyl sites for hydroxylation is 1.